The molecule has 1 aliphatic heterocycles. The van der Waals surface area contributed by atoms with Crippen LogP contribution in [0.4, 0.5) is 0 Å². The number of halogens is 1. The number of carbonyl (C=O) groups is 2. The second kappa shape index (κ2) is 11.1. The lowest BCUT2D eigenvalue weighted by Gasteiger charge is -2.26. The number of amides is 1. The minimum Gasteiger partial charge on any atom is -0.507 e. The second-order valence-electron chi connectivity index (χ2n) is 9.10. The molecule has 186 valence electrons. The Labute approximate surface area is 219 Å². The Morgan fingerprint density at radius 3 is 2.44 bits per heavy atom. The molecule has 1 amide bonds. The monoisotopic (exact) mass is 548 g/mol. The third-order valence-corrected chi connectivity index (χ3v) is 6.69. The molecule has 1 heterocycles. The van der Waals surface area contributed by atoms with E-state index < -0.39 is 17.7 Å². The summed E-state index contributed by atoms with van der Waals surface area (Å²) in [5.41, 5.74) is 3.13. The molecular weight excluding hydrogens is 520 g/mol. The highest BCUT2D eigenvalue weighted by Crippen LogP contribution is 2.40. The van der Waals surface area contributed by atoms with E-state index >= 15 is 0 Å². The van der Waals surface area contributed by atoms with Crippen LogP contribution in [0.1, 0.15) is 28.3 Å². The Bertz CT molecular complexity index is 1300. The molecule has 4 rings (SSSR count). The van der Waals surface area contributed by atoms with Gasteiger partial charge >= 0.3 is 0 Å². The number of ether oxygens (including phenoxy) is 1. The third-order valence-electron chi connectivity index (χ3n) is 6.19. The van der Waals surface area contributed by atoms with E-state index in [4.69, 9.17) is 4.74 Å². The van der Waals surface area contributed by atoms with Crippen molar-refractivity contribution in [2.75, 3.05) is 27.2 Å². The molecule has 36 heavy (non-hydrogen) atoms. The molecular formula is C29H29BrN2O4. The number of likely N-dealkylation sites (N-methyl/N-ethyl adjacent to an activating group) is 1. The lowest BCUT2D eigenvalue weighted by atomic mass is 9.94. The van der Waals surface area contributed by atoms with Crippen molar-refractivity contribution in [1.29, 1.82) is 0 Å². The highest BCUT2D eigenvalue weighted by atomic mass is 79.9. The predicted octanol–water partition coefficient (Wildman–Crippen LogP) is 5.32. The average molecular weight is 549 g/mol. The van der Waals surface area contributed by atoms with Crippen molar-refractivity contribution < 1.29 is 19.4 Å². The minimum atomic E-state index is -0.684. The quantitative estimate of drug-likeness (QED) is 0.234. The Morgan fingerprint density at radius 1 is 1.03 bits per heavy atom. The lowest BCUT2D eigenvalue weighted by molar-refractivity contribution is -0.140. The van der Waals surface area contributed by atoms with Crippen LogP contribution in [-0.4, -0.2) is 53.8 Å². The molecule has 0 saturated carbocycles. The topological polar surface area (TPSA) is 70.1 Å². The maximum Gasteiger partial charge on any atom is 0.295 e. The molecule has 1 aliphatic rings. The number of aryl methyl sites for hydroxylation is 1. The van der Waals surface area contributed by atoms with Crippen LogP contribution in [0.25, 0.3) is 5.76 Å². The molecule has 1 atom stereocenters. The molecule has 0 unspecified atom stereocenters. The van der Waals surface area contributed by atoms with Gasteiger partial charge < -0.3 is 19.6 Å². The van der Waals surface area contributed by atoms with E-state index in [9.17, 15) is 14.7 Å². The van der Waals surface area contributed by atoms with E-state index in [0.717, 1.165) is 21.2 Å². The summed E-state index contributed by atoms with van der Waals surface area (Å²) < 4.78 is 6.74. The SMILES string of the molecule is Cc1cc(OCc2ccccc2)ccc1C(O)=C1C(=O)C(=O)N(CCN(C)C)[C@H]1c1cccc(Br)c1. The van der Waals surface area contributed by atoms with Crippen molar-refractivity contribution in [2.24, 2.45) is 0 Å². The summed E-state index contributed by atoms with van der Waals surface area (Å²) in [6.07, 6.45) is 0. The zero-order valence-electron chi connectivity index (χ0n) is 20.6. The van der Waals surface area contributed by atoms with Gasteiger partial charge in [0.25, 0.3) is 11.7 Å². The zero-order valence-corrected chi connectivity index (χ0v) is 22.2. The molecule has 0 aromatic heterocycles. The van der Waals surface area contributed by atoms with Gasteiger partial charge in [0.05, 0.1) is 11.6 Å². The summed E-state index contributed by atoms with van der Waals surface area (Å²) in [6, 6.07) is 22.0. The first kappa shape index (κ1) is 25.7. The molecule has 1 saturated heterocycles. The van der Waals surface area contributed by atoms with Gasteiger partial charge in [-0.1, -0.05) is 58.4 Å². The standard InChI is InChI=1S/C29H29BrN2O4/c1-19-16-23(36-18-20-8-5-4-6-9-20)12-13-24(19)27(33)25-26(21-10-7-11-22(30)17-21)32(15-14-31(2)3)29(35)28(25)34/h4-13,16-17,26,33H,14-15,18H2,1-3H3/t26-/m0/s1. The first-order valence-electron chi connectivity index (χ1n) is 11.7. The van der Waals surface area contributed by atoms with Gasteiger partial charge in [0.15, 0.2) is 0 Å². The summed E-state index contributed by atoms with van der Waals surface area (Å²) in [4.78, 5) is 29.8. The van der Waals surface area contributed by atoms with E-state index in [1.54, 1.807) is 17.0 Å². The Kier molecular flexibility index (Phi) is 7.91. The molecule has 3 aromatic rings. The van der Waals surface area contributed by atoms with Crippen molar-refractivity contribution in [1.82, 2.24) is 9.80 Å². The molecule has 0 spiro atoms. The Balaban J connectivity index is 1.71. The molecule has 0 aliphatic carbocycles. The van der Waals surface area contributed by atoms with Crippen LogP contribution in [0.2, 0.25) is 0 Å². The Morgan fingerprint density at radius 2 is 1.78 bits per heavy atom. The highest BCUT2D eigenvalue weighted by molar-refractivity contribution is 9.10. The zero-order chi connectivity index (χ0) is 25.8. The van der Waals surface area contributed by atoms with Crippen LogP contribution in [0.5, 0.6) is 5.75 Å². The van der Waals surface area contributed by atoms with Crippen LogP contribution < -0.4 is 4.74 Å². The van der Waals surface area contributed by atoms with E-state index in [1.807, 2.05) is 86.6 Å². The predicted molar refractivity (Wildman–Crippen MR) is 144 cm³/mol. The summed E-state index contributed by atoms with van der Waals surface area (Å²) in [7, 11) is 3.82. The fourth-order valence-corrected chi connectivity index (χ4v) is 4.74. The number of ketones is 1. The van der Waals surface area contributed by atoms with Crippen LogP contribution in [0.15, 0.2) is 82.8 Å². The number of hydrogen-bond acceptors (Lipinski definition) is 5. The number of aliphatic hydroxyl groups excluding tert-OH is 1. The number of aliphatic hydroxyl groups is 1. The summed E-state index contributed by atoms with van der Waals surface area (Å²) in [5, 5.41) is 11.4. The lowest BCUT2D eigenvalue weighted by Crippen LogP contribution is -2.35. The van der Waals surface area contributed by atoms with E-state index in [2.05, 4.69) is 15.9 Å². The van der Waals surface area contributed by atoms with Gasteiger partial charge in [-0.2, -0.15) is 0 Å². The number of likely N-dealkylation sites (tertiary alicyclic amines) is 1. The van der Waals surface area contributed by atoms with Gasteiger partial charge in [-0.3, -0.25) is 9.59 Å². The summed E-state index contributed by atoms with van der Waals surface area (Å²) in [5.74, 6) is -0.815. The maximum absolute atomic E-state index is 13.2. The van der Waals surface area contributed by atoms with Crippen molar-refractivity contribution in [3.63, 3.8) is 0 Å². The first-order chi connectivity index (χ1) is 17.3. The molecule has 3 aromatic carbocycles. The molecule has 1 N–H and O–H groups in total. The normalized spacial score (nSPS) is 17.1. The van der Waals surface area contributed by atoms with E-state index in [0.29, 0.717) is 31.0 Å². The largest absolute Gasteiger partial charge is 0.507 e. The third kappa shape index (κ3) is 5.53. The van der Waals surface area contributed by atoms with Crippen LogP contribution >= 0.6 is 15.9 Å². The van der Waals surface area contributed by atoms with Gasteiger partial charge in [-0.25, -0.2) is 0 Å². The number of nitrogens with zero attached hydrogens (tertiary/aromatic N) is 2. The first-order valence-corrected chi connectivity index (χ1v) is 12.5. The number of Topliss-reactive ketones (excluding diaryl/α,β-unsaturated/α-hetero) is 1. The maximum atomic E-state index is 13.2. The van der Waals surface area contributed by atoms with Gasteiger partial charge in [0, 0.05) is 23.1 Å². The van der Waals surface area contributed by atoms with Crippen LogP contribution in [0, 0.1) is 6.92 Å². The summed E-state index contributed by atoms with van der Waals surface area (Å²) in [6.45, 7) is 3.22. The second-order valence-corrected chi connectivity index (χ2v) is 10.0. The molecule has 7 heteroatoms. The van der Waals surface area contributed by atoms with Gasteiger partial charge in [0.1, 0.15) is 18.1 Å². The van der Waals surface area contributed by atoms with E-state index in [1.165, 1.54) is 0 Å². The van der Waals surface area contributed by atoms with Crippen molar-refractivity contribution >= 4 is 33.4 Å². The smallest absolute Gasteiger partial charge is 0.295 e. The van der Waals surface area contributed by atoms with Gasteiger partial charge in [-0.05, 0) is 68.0 Å². The van der Waals surface area contributed by atoms with Gasteiger partial charge in [-0.15, -0.1) is 0 Å². The fraction of sp³-hybridized carbons (Fsp3) is 0.241. The number of benzene rings is 3. The molecule has 0 bridgehead atoms. The molecule has 1 fully saturated rings. The van der Waals surface area contributed by atoms with E-state index in [-0.39, 0.29) is 11.3 Å². The Hall–Kier alpha value is -3.42. The van der Waals surface area contributed by atoms with Crippen molar-refractivity contribution in [3.8, 4) is 5.75 Å². The van der Waals surface area contributed by atoms with Crippen LogP contribution in [0.3, 0.4) is 0 Å². The van der Waals surface area contributed by atoms with Crippen LogP contribution in [-0.2, 0) is 16.2 Å². The average Bonchev–Trinajstić information content (AvgIpc) is 3.11. The van der Waals surface area contributed by atoms with Gasteiger partial charge in [0.2, 0.25) is 0 Å². The number of hydrogen-bond donors (Lipinski definition) is 1. The van der Waals surface area contributed by atoms with Crippen molar-refractivity contribution in [3.05, 3.63) is 105 Å². The molecule has 6 nitrogen and oxygen atoms in total. The number of carbonyl (C=O) groups excluding carboxylic acids is 2. The highest BCUT2D eigenvalue weighted by Gasteiger charge is 2.46. The minimum absolute atomic E-state index is 0.0953. The van der Waals surface area contributed by atoms with Crippen molar-refractivity contribution in [2.45, 2.75) is 19.6 Å². The fourth-order valence-electron chi connectivity index (χ4n) is 4.32. The molecule has 0 radical (unpaired) electrons. The summed E-state index contributed by atoms with van der Waals surface area (Å²) >= 11 is 3.49. The number of rotatable bonds is 8.